The van der Waals surface area contributed by atoms with Gasteiger partial charge in [0.25, 0.3) is 0 Å². The molecule has 0 atom stereocenters. The highest BCUT2D eigenvalue weighted by molar-refractivity contribution is 9.10. The van der Waals surface area contributed by atoms with Crippen LogP contribution in [0.25, 0.3) is 0 Å². The van der Waals surface area contributed by atoms with Gasteiger partial charge in [0.1, 0.15) is 4.47 Å². The molecule has 6 nitrogen and oxygen atoms in total. The van der Waals surface area contributed by atoms with Gasteiger partial charge in [-0.2, -0.15) is 0 Å². The molecule has 0 heterocycles. The number of hydrogen-bond acceptors (Lipinski definition) is 4. The van der Waals surface area contributed by atoms with Gasteiger partial charge in [0.05, 0.1) is 11.5 Å². The molecule has 0 spiro atoms. The minimum absolute atomic E-state index is 0.00169. The summed E-state index contributed by atoms with van der Waals surface area (Å²) in [4.78, 5) is 21.3. The zero-order valence-electron chi connectivity index (χ0n) is 8.81. The summed E-state index contributed by atoms with van der Waals surface area (Å²) < 4.78 is 5.33. The Kier molecular flexibility index (Phi) is 4.45. The Morgan fingerprint density at radius 3 is 2.71 bits per heavy atom. The molecule has 0 saturated carbocycles. The SMILES string of the molecule is [CH2]CCOc1cc(C(N)=O)cc(Br)c1[N+](=O)[O-]. The number of halogens is 1. The van der Waals surface area contributed by atoms with Crippen molar-refractivity contribution in [3.05, 3.63) is 39.2 Å². The summed E-state index contributed by atoms with van der Waals surface area (Å²) in [6, 6.07) is 2.54. The second-order valence-electron chi connectivity index (χ2n) is 3.13. The van der Waals surface area contributed by atoms with Crippen LogP contribution in [-0.2, 0) is 0 Å². The first-order valence-electron chi connectivity index (χ1n) is 4.67. The topological polar surface area (TPSA) is 95.5 Å². The minimum atomic E-state index is -0.680. The van der Waals surface area contributed by atoms with Gasteiger partial charge in [0.2, 0.25) is 5.91 Å². The summed E-state index contributed by atoms with van der Waals surface area (Å²) in [7, 11) is 0. The van der Waals surface area contributed by atoms with E-state index >= 15 is 0 Å². The van der Waals surface area contributed by atoms with Gasteiger partial charge in [-0.05, 0) is 35.3 Å². The Hall–Kier alpha value is -1.63. The summed E-state index contributed by atoms with van der Waals surface area (Å²) in [5.74, 6) is -0.679. The second kappa shape index (κ2) is 5.62. The molecule has 1 radical (unpaired) electrons. The molecule has 0 aliphatic carbocycles. The molecule has 2 N–H and O–H groups in total. The molecule has 0 aliphatic heterocycles. The molecule has 1 amide bonds. The Balaban J connectivity index is 3.28. The van der Waals surface area contributed by atoms with Crippen LogP contribution >= 0.6 is 15.9 Å². The van der Waals surface area contributed by atoms with Gasteiger partial charge in [0, 0.05) is 11.6 Å². The number of nitrogens with two attached hydrogens (primary N) is 1. The number of rotatable bonds is 5. The van der Waals surface area contributed by atoms with Crippen LogP contribution in [0.3, 0.4) is 0 Å². The average Bonchev–Trinajstić information content (AvgIpc) is 2.24. The quantitative estimate of drug-likeness (QED) is 0.665. The van der Waals surface area contributed by atoms with Crippen molar-refractivity contribution in [2.24, 2.45) is 5.73 Å². The Morgan fingerprint density at radius 1 is 1.59 bits per heavy atom. The van der Waals surface area contributed by atoms with E-state index in [0.717, 1.165) is 0 Å². The lowest BCUT2D eigenvalue weighted by atomic mass is 10.2. The molecular weight excluding hydrogens is 292 g/mol. The molecule has 7 heteroatoms. The van der Waals surface area contributed by atoms with Crippen LogP contribution in [-0.4, -0.2) is 17.4 Å². The number of nitro groups is 1. The van der Waals surface area contributed by atoms with E-state index in [2.05, 4.69) is 22.9 Å². The van der Waals surface area contributed by atoms with E-state index in [1.165, 1.54) is 12.1 Å². The predicted octanol–water partition coefficient (Wildman–Crippen LogP) is 2.06. The number of carbonyl (C=O) groups is 1. The van der Waals surface area contributed by atoms with Crippen LogP contribution in [0, 0.1) is 17.0 Å². The lowest BCUT2D eigenvalue weighted by Gasteiger charge is -2.08. The molecule has 0 bridgehead atoms. The number of ether oxygens (including phenoxy) is 1. The van der Waals surface area contributed by atoms with Gasteiger partial charge in [-0.1, -0.05) is 0 Å². The van der Waals surface area contributed by atoms with E-state index in [0.29, 0.717) is 6.42 Å². The number of benzene rings is 1. The molecule has 1 aromatic rings. The van der Waals surface area contributed by atoms with E-state index in [4.69, 9.17) is 10.5 Å². The number of hydrogen-bond donors (Lipinski definition) is 1. The maximum atomic E-state index is 11.0. The third-order valence-electron chi connectivity index (χ3n) is 1.90. The van der Waals surface area contributed by atoms with Gasteiger partial charge < -0.3 is 10.5 Å². The lowest BCUT2D eigenvalue weighted by molar-refractivity contribution is -0.386. The van der Waals surface area contributed by atoms with Crippen LogP contribution < -0.4 is 10.5 Å². The molecule has 0 aromatic heterocycles. The lowest BCUT2D eigenvalue weighted by Crippen LogP contribution is -2.12. The minimum Gasteiger partial charge on any atom is -0.487 e. The standard InChI is InChI=1S/C10H10BrN2O4/c1-2-3-17-8-5-6(10(12)14)4-7(11)9(8)13(15)16/h4-5H,1-3H2,(H2,12,14). The van der Waals surface area contributed by atoms with Crippen LogP contribution in [0.2, 0.25) is 0 Å². The Morgan fingerprint density at radius 2 is 2.24 bits per heavy atom. The zero-order chi connectivity index (χ0) is 13.0. The monoisotopic (exact) mass is 301 g/mol. The highest BCUT2D eigenvalue weighted by Crippen LogP contribution is 2.36. The predicted molar refractivity (Wildman–Crippen MR) is 64.8 cm³/mol. The van der Waals surface area contributed by atoms with E-state index in [1.54, 1.807) is 0 Å². The summed E-state index contributed by atoms with van der Waals surface area (Å²) >= 11 is 3.01. The van der Waals surface area contributed by atoms with E-state index < -0.39 is 10.8 Å². The van der Waals surface area contributed by atoms with Crippen molar-refractivity contribution in [1.29, 1.82) is 0 Å². The van der Waals surface area contributed by atoms with E-state index in [1.807, 2.05) is 0 Å². The second-order valence-corrected chi connectivity index (χ2v) is 3.98. The van der Waals surface area contributed by atoms with Crippen molar-refractivity contribution in [1.82, 2.24) is 0 Å². The Bertz CT molecular complexity index is 462. The average molecular weight is 302 g/mol. The first-order chi connectivity index (χ1) is 7.97. The number of primary amides is 1. The maximum Gasteiger partial charge on any atom is 0.325 e. The molecule has 0 aliphatic rings. The van der Waals surface area contributed by atoms with Gasteiger partial charge in [0.15, 0.2) is 5.75 Å². The van der Waals surface area contributed by atoms with Crippen LogP contribution in [0.1, 0.15) is 16.8 Å². The van der Waals surface area contributed by atoms with Gasteiger partial charge in [-0.15, -0.1) is 0 Å². The van der Waals surface area contributed by atoms with Crippen molar-refractivity contribution >= 4 is 27.5 Å². The zero-order valence-corrected chi connectivity index (χ0v) is 10.4. The molecule has 1 aromatic carbocycles. The van der Waals surface area contributed by atoms with Crippen molar-refractivity contribution in [2.75, 3.05) is 6.61 Å². The van der Waals surface area contributed by atoms with E-state index in [9.17, 15) is 14.9 Å². The smallest absolute Gasteiger partial charge is 0.325 e. The van der Waals surface area contributed by atoms with Crippen LogP contribution in [0.15, 0.2) is 16.6 Å². The fraction of sp³-hybridized carbons (Fsp3) is 0.200. The van der Waals surface area contributed by atoms with E-state index in [-0.39, 0.29) is 28.1 Å². The molecule has 0 saturated heterocycles. The summed E-state index contributed by atoms with van der Waals surface area (Å²) in [6.07, 6.45) is 0.454. The molecular formula is C10H10BrN2O4. The third kappa shape index (κ3) is 3.16. The molecule has 17 heavy (non-hydrogen) atoms. The maximum absolute atomic E-state index is 11.0. The molecule has 1 rings (SSSR count). The summed E-state index contributed by atoms with van der Waals surface area (Å²) in [5, 5.41) is 10.9. The van der Waals surface area contributed by atoms with Crippen LogP contribution in [0.4, 0.5) is 5.69 Å². The van der Waals surface area contributed by atoms with Gasteiger partial charge in [-0.3, -0.25) is 14.9 Å². The third-order valence-corrected chi connectivity index (χ3v) is 2.50. The Labute approximate surface area is 106 Å². The normalized spacial score (nSPS) is 10.0. The highest BCUT2D eigenvalue weighted by Gasteiger charge is 2.22. The summed E-state index contributed by atoms with van der Waals surface area (Å²) in [6.45, 7) is 3.77. The molecule has 91 valence electrons. The van der Waals surface area contributed by atoms with Gasteiger partial charge >= 0.3 is 5.69 Å². The first kappa shape index (κ1) is 13.4. The number of nitrogens with zero attached hydrogens (tertiary/aromatic N) is 1. The summed E-state index contributed by atoms with van der Waals surface area (Å²) in [5.41, 5.74) is 5.02. The first-order valence-corrected chi connectivity index (χ1v) is 5.46. The number of nitro benzene ring substituents is 1. The van der Waals surface area contributed by atoms with Crippen molar-refractivity contribution in [2.45, 2.75) is 6.42 Å². The fourth-order valence-corrected chi connectivity index (χ4v) is 1.77. The molecule has 0 unspecified atom stereocenters. The van der Waals surface area contributed by atoms with Crippen LogP contribution in [0.5, 0.6) is 5.75 Å². The van der Waals surface area contributed by atoms with Crippen molar-refractivity contribution < 1.29 is 14.5 Å². The number of amides is 1. The van der Waals surface area contributed by atoms with Crippen molar-refractivity contribution in [3.63, 3.8) is 0 Å². The fourth-order valence-electron chi connectivity index (χ4n) is 1.19. The van der Waals surface area contributed by atoms with Crippen molar-refractivity contribution in [3.8, 4) is 5.75 Å². The van der Waals surface area contributed by atoms with Gasteiger partial charge in [-0.25, -0.2) is 0 Å². The highest BCUT2D eigenvalue weighted by atomic mass is 79.9. The number of carbonyl (C=O) groups excluding carboxylic acids is 1. The molecule has 0 fully saturated rings. The largest absolute Gasteiger partial charge is 0.487 e.